The zero-order chi connectivity index (χ0) is 15.1. The van der Waals surface area contributed by atoms with Crippen molar-refractivity contribution in [1.82, 2.24) is 0 Å². The molecule has 0 spiro atoms. The van der Waals surface area contributed by atoms with Crippen LogP contribution >= 0.6 is 0 Å². The highest BCUT2D eigenvalue weighted by Gasteiger charge is 2.10. The van der Waals surface area contributed by atoms with Gasteiger partial charge in [0.1, 0.15) is 5.75 Å². The van der Waals surface area contributed by atoms with Gasteiger partial charge in [-0.2, -0.15) is 0 Å². The molecule has 0 radical (unpaired) electrons. The summed E-state index contributed by atoms with van der Waals surface area (Å²) in [7, 11) is 3.11. The molecule has 0 N–H and O–H groups in total. The van der Waals surface area contributed by atoms with Crippen LogP contribution in [0, 0.1) is 0 Å². The molecule has 0 heterocycles. The standard InChI is InChI=1S/C17H18O4/c1-19-16-9-8-13(12-17(16)20-2)15(18)10-11-21-14-6-4-3-5-7-14/h3-9,12H,10-11H2,1-2H3. The van der Waals surface area contributed by atoms with Gasteiger partial charge in [0.05, 0.1) is 20.8 Å². The second-order valence-electron chi connectivity index (χ2n) is 4.40. The average molecular weight is 286 g/mol. The number of ketones is 1. The summed E-state index contributed by atoms with van der Waals surface area (Å²) in [6, 6.07) is 14.6. The van der Waals surface area contributed by atoms with Crippen molar-refractivity contribution in [3.63, 3.8) is 0 Å². The van der Waals surface area contributed by atoms with Crippen molar-refractivity contribution in [1.29, 1.82) is 0 Å². The van der Waals surface area contributed by atoms with E-state index in [-0.39, 0.29) is 5.78 Å². The molecule has 0 aliphatic heterocycles. The Labute approximate surface area is 124 Å². The molecule has 2 rings (SSSR count). The summed E-state index contributed by atoms with van der Waals surface area (Å²) in [5.74, 6) is 1.92. The lowest BCUT2D eigenvalue weighted by molar-refractivity contribution is 0.0962. The molecule has 4 nitrogen and oxygen atoms in total. The molecule has 0 unspecified atom stereocenters. The molecular formula is C17H18O4. The lowest BCUT2D eigenvalue weighted by Crippen LogP contribution is -2.07. The van der Waals surface area contributed by atoms with Gasteiger partial charge in [0, 0.05) is 12.0 Å². The fraction of sp³-hybridized carbons (Fsp3) is 0.235. The van der Waals surface area contributed by atoms with Crippen LogP contribution in [0.4, 0.5) is 0 Å². The van der Waals surface area contributed by atoms with E-state index >= 15 is 0 Å². The highest BCUT2D eigenvalue weighted by molar-refractivity contribution is 5.96. The largest absolute Gasteiger partial charge is 0.493 e. The first-order chi connectivity index (χ1) is 10.2. The average Bonchev–Trinajstić information content (AvgIpc) is 2.55. The quantitative estimate of drug-likeness (QED) is 0.732. The number of benzene rings is 2. The van der Waals surface area contributed by atoms with E-state index in [0.29, 0.717) is 30.1 Å². The molecule has 0 bridgehead atoms. The number of hydrogen-bond donors (Lipinski definition) is 0. The van der Waals surface area contributed by atoms with E-state index in [1.807, 2.05) is 30.3 Å². The Morgan fingerprint density at radius 1 is 0.952 bits per heavy atom. The summed E-state index contributed by atoms with van der Waals surface area (Å²) >= 11 is 0. The molecule has 0 aliphatic carbocycles. The third-order valence-electron chi connectivity index (χ3n) is 3.05. The van der Waals surface area contributed by atoms with Crippen molar-refractivity contribution in [2.24, 2.45) is 0 Å². The highest BCUT2D eigenvalue weighted by atomic mass is 16.5. The van der Waals surface area contributed by atoms with Crippen molar-refractivity contribution < 1.29 is 19.0 Å². The normalized spacial score (nSPS) is 10.0. The van der Waals surface area contributed by atoms with Gasteiger partial charge in [0.25, 0.3) is 0 Å². The molecule has 4 heteroatoms. The van der Waals surface area contributed by atoms with Gasteiger partial charge in [-0.05, 0) is 30.3 Å². The lowest BCUT2D eigenvalue weighted by atomic mass is 10.1. The summed E-state index contributed by atoms with van der Waals surface area (Å²) < 4.78 is 15.9. The number of ether oxygens (including phenoxy) is 3. The minimum atomic E-state index is 0.00637. The van der Waals surface area contributed by atoms with Gasteiger partial charge < -0.3 is 14.2 Å². The summed E-state index contributed by atoms with van der Waals surface area (Å²) in [5, 5.41) is 0. The maximum absolute atomic E-state index is 12.1. The van der Waals surface area contributed by atoms with Crippen LogP contribution in [0.25, 0.3) is 0 Å². The summed E-state index contributed by atoms with van der Waals surface area (Å²) in [5.41, 5.74) is 0.587. The van der Waals surface area contributed by atoms with E-state index in [9.17, 15) is 4.79 Å². The topological polar surface area (TPSA) is 44.8 Å². The SMILES string of the molecule is COc1ccc(C(=O)CCOc2ccccc2)cc1OC. The molecule has 21 heavy (non-hydrogen) atoms. The molecule has 0 atom stereocenters. The van der Waals surface area contributed by atoms with E-state index in [4.69, 9.17) is 14.2 Å². The Balaban J connectivity index is 1.94. The predicted molar refractivity (Wildman–Crippen MR) is 80.4 cm³/mol. The number of rotatable bonds is 7. The maximum Gasteiger partial charge on any atom is 0.166 e. The summed E-state index contributed by atoms with van der Waals surface area (Å²) in [4.78, 5) is 12.1. The van der Waals surface area contributed by atoms with Crippen LogP contribution in [-0.2, 0) is 0 Å². The van der Waals surface area contributed by atoms with Crippen molar-refractivity contribution >= 4 is 5.78 Å². The summed E-state index contributed by atoms with van der Waals surface area (Å²) in [6.45, 7) is 0.344. The van der Waals surface area contributed by atoms with Crippen LogP contribution in [-0.4, -0.2) is 26.6 Å². The number of carbonyl (C=O) groups excluding carboxylic acids is 1. The molecule has 0 saturated heterocycles. The Morgan fingerprint density at radius 3 is 2.33 bits per heavy atom. The van der Waals surface area contributed by atoms with Gasteiger partial charge in [-0.15, -0.1) is 0 Å². The van der Waals surface area contributed by atoms with E-state index in [0.717, 1.165) is 5.75 Å². The number of Topliss-reactive ketones (excluding diaryl/α,β-unsaturated/α-hetero) is 1. The van der Waals surface area contributed by atoms with E-state index in [1.54, 1.807) is 32.4 Å². The highest BCUT2D eigenvalue weighted by Crippen LogP contribution is 2.28. The second-order valence-corrected chi connectivity index (χ2v) is 4.40. The number of carbonyl (C=O) groups is 1. The Hall–Kier alpha value is -2.49. The number of para-hydroxylation sites is 1. The minimum Gasteiger partial charge on any atom is -0.493 e. The van der Waals surface area contributed by atoms with Crippen molar-refractivity contribution in [2.75, 3.05) is 20.8 Å². The first kappa shape index (κ1) is 14.9. The van der Waals surface area contributed by atoms with Gasteiger partial charge >= 0.3 is 0 Å². The molecule has 0 aromatic heterocycles. The molecule has 110 valence electrons. The van der Waals surface area contributed by atoms with Gasteiger partial charge in [0.2, 0.25) is 0 Å². The third-order valence-corrected chi connectivity index (χ3v) is 3.05. The summed E-state index contributed by atoms with van der Waals surface area (Å²) in [6.07, 6.45) is 0.310. The Bertz CT molecular complexity index is 593. The zero-order valence-corrected chi connectivity index (χ0v) is 12.2. The minimum absolute atomic E-state index is 0.00637. The van der Waals surface area contributed by atoms with E-state index in [2.05, 4.69) is 0 Å². The van der Waals surface area contributed by atoms with Crippen molar-refractivity contribution in [3.05, 3.63) is 54.1 Å². The Morgan fingerprint density at radius 2 is 1.67 bits per heavy atom. The van der Waals surface area contributed by atoms with Crippen LogP contribution in [0.3, 0.4) is 0 Å². The van der Waals surface area contributed by atoms with Gasteiger partial charge in [-0.3, -0.25) is 4.79 Å². The van der Waals surface area contributed by atoms with Crippen molar-refractivity contribution in [2.45, 2.75) is 6.42 Å². The van der Waals surface area contributed by atoms with Crippen LogP contribution in [0.1, 0.15) is 16.8 Å². The molecule has 0 fully saturated rings. The number of hydrogen-bond acceptors (Lipinski definition) is 4. The molecular weight excluding hydrogens is 268 g/mol. The zero-order valence-electron chi connectivity index (χ0n) is 12.2. The molecule has 0 amide bonds. The van der Waals surface area contributed by atoms with Crippen LogP contribution in [0.5, 0.6) is 17.2 Å². The maximum atomic E-state index is 12.1. The smallest absolute Gasteiger partial charge is 0.166 e. The van der Waals surface area contributed by atoms with E-state index in [1.165, 1.54) is 0 Å². The Kier molecular flexibility index (Phi) is 5.21. The van der Waals surface area contributed by atoms with E-state index < -0.39 is 0 Å². The fourth-order valence-electron chi connectivity index (χ4n) is 1.93. The third kappa shape index (κ3) is 3.99. The first-order valence-electron chi connectivity index (χ1n) is 6.67. The predicted octanol–water partition coefficient (Wildman–Crippen LogP) is 3.36. The monoisotopic (exact) mass is 286 g/mol. The van der Waals surface area contributed by atoms with Crippen molar-refractivity contribution in [3.8, 4) is 17.2 Å². The molecule has 0 aliphatic rings. The number of methoxy groups -OCH3 is 2. The molecule has 2 aromatic carbocycles. The molecule has 2 aromatic rings. The molecule has 0 saturated carbocycles. The fourth-order valence-corrected chi connectivity index (χ4v) is 1.93. The van der Waals surface area contributed by atoms with Gasteiger partial charge in [-0.25, -0.2) is 0 Å². The van der Waals surface area contributed by atoms with Crippen LogP contribution < -0.4 is 14.2 Å². The first-order valence-corrected chi connectivity index (χ1v) is 6.67. The van der Waals surface area contributed by atoms with Crippen LogP contribution in [0.2, 0.25) is 0 Å². The lowest BCUT2D eigenvalue weighted by Gasteiger charge is -2.09. The second kappa shape index (κ2) is 7.33. The van der Waals surface area contributed by atoms with Crippen LogP contribution in [0.15, 0.2) is 48.5 Å². The van der Waals surface area contributed by atoms with Gasteiger partial charge in [-0.1, -0.05) is 18.2 Å². The van der Waals surface area contributed by atoms with Gasteiger partial charge in [0.15, 0.2) is 17.3 Å².